The van der Waals surface area contributed by atoms with Crippen LogP contribution in [0.2, 0.25) is 0 Å². The SMILES string of the molecule is CNC1=CC=C[B]1. The minimum atomic E-state index is 1.18. The van der Waals surface area contributed by atoms with Crippen LogP contribution in [-0.4, -0.2) is 14.3 Å². The average molecular weight is 91.9 g/mol. The van der Waals surface area contributed by atoms with E-state index in [4.69, 9.17) is 0 Å². The van der Waals surface area contributed by atoms with Crippen LogP contribution < -0.4 is 5.32 Å². The lowest BCUT2D eigenvalue weighted by molar-refractivity contribution is 1.07. The third-order valence-corrected chi connectivity index (χ3v) is 0.951. The van der Waals surface area contributed by atoms with Crippen molar-refractivity contribution in [2.24, 2.45) is 0 Å². The van der Waals surface area contributed by atoms with Gasteiger partial charge in [-0.2, -0.15) is 0 Å². The van der Waals surface area contributed by atoms with Crippen LogP contribution in [0.3, 0.4) is 0 Å². The van der Waals surface area contributed by atoms with Gasteiger partial charge in [0.15, 0.2) is 0 Å². The van der Waals surface area contributed by atoms with E-state index in [0.29, 0.717) is 0 Å². The maximum Gasteiger partial charge on any atom is 0.203 e. The lowest BCUT2D eigenvalue weighted by Gasteiger charge is -1.93. The molecule has 35 valence electrons. The summed E-state index contributed by atoms with van der Waals surface area (Å²) >= 11 is 0. The third kappa shape index (κ3) is 0.859. The highest BCUT2D eigenvalue weighted by Gasteiger charge is 1.93. The van der Waals surface area contributed by atoms with Crippen LogP contribution in [0.4, 0.5) is 0 Å². The summed E-state index contributed by atoms with van der Waals surface area (Å²) in [5.74, 6) is 2.01. The maximum absolute atomic E-state index is 3.01. The minimum Gasteiger partial charge on any atom is -0.399 e. The molecule has 1 N–H and O–H groups in total. The summed E-state index contributed by atoms with van der Waals surface area (Å²) in [5.41, 5.74) is 1.18. The van der Waals surface area contributed by atoms with Gasteiger partial charge in [0.25, 0.3) is 0 Å². The van der Waals surface area contributed by atoms with Crippen LogP contribution >= 0.6 is 0 Å². The molecule has 1 aliphatic heterocycles. The van der Waals surface area contributed by atoms with Crippen LogP contribution in [0.1, 0.15) is 0 Å². The summed E-state index contributed by atoms with van der Waals surface area (Å²) in [6, 6.07) is 0. The van der Waals surface area contributed by atoms with Crippen LogP contribution in [0.15, 0.2) is 23.7 Å². The highest BCUT2D eigenvalue weighted by atomic mass is 14.8. The number of hydrogen-bond donors (Lipinski definition) is 1. The Bertz CT molecular complexity index is 115. The van der Waals surface area contributed by atoms with Crippen LogP contribution in [0, 0.1) is 0 Å². The second kappa shape index (κ2) is 1.87. The molecule has 0 aromatic carbocycles. The van der Waals surface area contributed by atoms with Crippen molar-refractivity contribution in [2.75, 3.05) is 7.05 Å². The Morgan fingerprint density at radius 1 is 1.71 bits per heavy atom. The van der Waals surface area contributed by atoms with Crippen molar-refractivity contribution in [3.63, 3.8) is 0 Å². The van der Waals surface area contributed by atoms with Gasteiger partial charge in [0.2, 0.25) is 7.28 Å². The predicted molar refractivity (Wildman–Crippen MR) is 32.0 cm³/mol. The topological polar surface area (TPSA) is 12.0 Å². The van der Waals surface area contributed by atoms with Crippen molar-refractivity contribution in [3.8, 4) is 0 Å². The van der Waals surface area contributed by atoms with E-state index in [1.807, 2.05) is 32.5 Å². The van der Waals surface area contributed by atoms with Crippen LogP contribution in [0.25, 0.3) is 0 Å². The first-order chi connectivity index (χ1) is 3.43. The van der Waals surface area contributed by atoms with Crippen molar-refractivity contribution in [3.05, 3.63) is 23.7 Å². The largest absolute Gasteiger partial charge is 0.399 e. The molecule has 0 spiro atoms. The van der Waals surface area contributed by atoms with Crippen molar-refractivity contribution in [1.82, 2.24) is 5.32 Å². The highest BCUT2D eigenvalue weighted by Crippen LogP contribution is 1.94. The molecule has 0 atom stereocenters. The molecule has 0 saturated heterocycles. The summed E-state index contributed by atoms with van der Waals surface area (Å²) in [5, 5.41) is 3.01. The summed E-state index contributed by atoms with van der Waals surface area (Å²) in [7, 11) is 3.94. The van der Waals surface area contributed by atoms with Gasteiger partial charge in [-0.15, -0.1) is 5.98 Å². The Hall–Kier alpha value is -0.655. The molecule has 1 heterocycles. The van der Waals surface area contributed by atoms with E-state index in [2.05, 4.69) is 5.32 Å². The number of nitrogens with one attached hydrogen (secondary N) is 1. The van der Waals surface area contributed by atoms with Gasteiger partial charge in [-0.05, 0) is 5.60 Å². The molecular formula is C5H7BN. The Kier molecular flexibility index (Phi) is 1.20. The monoisotopic (exact) mass is 92.1 g/mol. The molecule has 0 amide bonds. The fourth-order valence-electron chi connectivity index (χ4n) is 0.541. The van der Waals surface area contributed by atoms with Crippen molar-refractivity contribution < 1.29 is 0 Å². The molecular weight excluding hydrogens is 84.9 g/mol. The summed E-state index contributed by atoms with van der Waals surface area (Å²) < 4.78 is 0. The maximum atomic E-state index is 3.01. The molecule has 1 rings (SSSR count). The average Bonchev–Trinajstić information content (AvgIpc) is 2.14. The summed E-state index contributed by atoms with van der Waals surface area (Å²) in [6.07, 6.45) is 4.03. The first-order valence-corrected chi connectivity index (χ1v) is 2.33. The van der Waals surface area contributed by atoms with E-state index >= 15 is 0 Å². The summed E-state index contributed by atoms with van der Waals surface area (Å²) in [6.45, 7) is 0. The Balaban J connectivity index is 2.45. The smallest absolute Gasteiger partial charge is 0.203 e. The van der Waals surface area contributed by atoms with Crippen molar-refractivity contribution in [2.45, 2.75) is 0 Å². The molecule has 0 unspecified atom stereocenters. The lowest BCUT2D eigenvalue weighted by atomic mass is 9.78. The summed E-state index contributed by atoms with van der Waals surface area (Å²) in [4.78, 5) is 0. The molecule has 0 fully saturated rings. The van der Waals surface area contributed by atoms with E-state index in [1.165, 1.54) is 5.60 Å². The highest BCUT2D eigenvalue weighted by molar-refractivity contribution is 6.52. The van der Waals surface area contributed by atoms with Crippen molar-refractivity contribution >= 4 is 7.28 Å². The zero-order valence-corrected chi connectivity index (χ0v) is 4.31. The van der Waals surface area contributed by atoms with Gasteiger partial charge in [0.05, 0.1) is 0 Å². The molecule has 7 heavy (non-hydrogen) atoms. The lowest BCUT2D eigenvalue weighted by Crippen LogP contribution is -2.07. The van der Waals surface area contributed by atoms with E-state index in [-0.39, 0.29) is 0 Å². The van der Waals surface area contributed by atoms with E-state index < -0.39 is 0 Å². The van der Waals surface area contributed by atoms with Gasteiger partial charge in [0.1, 0.15) is 0 Å². The number of rotatable bonds is 1. The first kappa shape index (κ1) is 4.50. The minimum absolute atomic E-state index is 1.18. The Labute approximate surface area is 44.4 Å². The zero-order valence-electron chi connectivity index (χ0n) is 4.31. The number of hydrogen-bond acceptors (Lipinski definition) is 1. The van der Waals surface area contributed by atoms with Gasteiger partial charge < -0.3 is 5.32 Å². The standard InChI is InChI=1S/C5H7BN/c1-7-5-3-2-4-6-5/h2-4,7H,1H3. The van der Waals surface area contributed by atoms with E-state index in [9.17, 15) is 0 Å². The van der Waals surface area contributed by atoms with Gasteiger partial charge in [-0.1, -0.05) is 12.2 Å². The molecule has 0 saturated carbocycles. The molecule has 0 aliphatic carbocycles. The van der Waals surface area contributed by atoms with Crippen LogP contribution in [0.5, 0.6) is 0 Å². The Morgan fingerprint density at radius 3 is 2.86 bits per heavy atom. The fraction of sp³-hybridized carbons (Fsp3) is 0.200. The van der Waals surface area contributed by atoms with Gasteiger partial charge in [0, 0.05) is 7.05 Å². The second-order valence-corrected chi connectivity index (χ2v) is 1.42. The first-order valence-electron chi connectivity index (χ1n) is 2.33. The number of allylic oxidation sites excluding steroid dienone is 2. The van der Waals surface area contributed by atoms with Gasteiger partial charge in [-0.25, -0.2) is 0 Å². The zero-order chi connectivity index (χ0) is 5.11. The third-order valence-electron chi connectivity index (χ3n) is 0.951. The molecule has 1 nitrogen and oxygen atoms in total. The fourth-order valence-corrected chi connectivity index (χ4v) is 0.541. The molecule has 2 heteroatoms. The molecule has 0 bridgehead atoms. The quantitative estimate of drug-likeness (QED) is 0.458. The second-order valence-electron chi connectivity index (χ2n) is 1.42. The molecule has 1 aliphatic rings. The van der Waals surface area contributed by atoms with E-state index in [1.54, 1.807) is 0 Å². The van der Waals surface area contributed by atoms with Crippen molar-refractivity contribution in [1.29, 1.82) is 0 Å². The van der Waals surface area contributed by atoms with E-state index in [0.717, 1.165) is 0 Å². The molecule has 0 aromatic heterocycles. The van der Waals surface area contributed by atoms with Gasteiger partial charge in [-0.3, -0.25) is 0 Å². The van der Waals surface area contributed by atoms with Gasteiger partial charge >= 0.3 is 0 Å². The molecule has 1 radical (unpaired) electrons. The normalized spacial score (nSPS) is 15.9. The predicted octanol–water partition coefficient (Wildman–Crippen LogP) is 0.279. The van der Waals surface area contributed by atoms with Crippen LogP contribution in [-0.2, 0) is 0 Å². The molecule has 0 aromatic rings. The Morgan fingerprint density at radius 2 is 2.57 bits per heavy atom.